The van der Waals surface area contributed by atoms with Gasteiger partial charge in [-0.3, -0.25) is 4.79 Å². The molecule has 2 aliphatic rings. The van der Waals surface area contributed by atoms with Crippen LogP contribution in [-0.4, -0.2) is 72.2 Å². The summed E-state index contributed by atoms with van der Waals surface area (Å²) in [6.45, 7) is 1.06. The highest BCUT2D eigenvalue weighted by Crippen LogP contribution is 2.38. The highest BCUT2D eigenvalue weighted by Gasteiger charge is 2.20. The molecule has 2 aliphatic heterocycles. The largest absolute Gasteiger partial charge is 0.478 e. The second-order valence-corrected chi connectivity index (χ2v) is 15.5. The average Bonchev–Trinajstić information content (AvgIpc) is 4.17. The normalized spacial score (nSPS) is 11.7. The van der Waals surface area contributed by atoms with Crippen molar-refractivity contribution in [1.29, 1.82) is 0 Å². The van der Waals surface area contributed by atoms with Crippen molar-refractivity contribution < 1.29 is 34.5 Å². The number of nitrogens with zero attached hydrogens (tertiary/aromatic N) is 2. The number of carboxylic acids is 3. The maximum absolute atomic E-state index is 13.1. The number of fused-ring (bicyclic) bond motifs is 8. The number of carbonyl (C=O) groups excluding carboxylic acids is 1. The zero-order chi connectivity index (χ0) is 45.2. The lowest BCUT2D eigenvalue weighted by Gasteiger charge is -2.08. The Morgan fingerprint density at radius 1 is 0.431 bits per heavy atom. The Morgan fingerprint density at radius 2 is 0.723 bits per heavy atom. The number of unbranched alkanes of at least 4 members (excludes halogenated alkanes) is 1. The van der Waals surface area contributed by atoms with Crippen molar-refractivity contribution in [3.8, 4) is 44.5 Å². The number of carbonyl (C=O) groups is 4. The number of carboxylic acid groups (broad SMARTS) is 3. The second-order valence-electron chi connectivity index (χ2n) is 15.5. The van der Waals surface area contributed by atoms with Gasteiger partial charge in [0.05, 0.1) is 39.5 Å². The number of aromatic carboxylic acids is 3. The first kappa shape index (κ1) is 41.7. The molecule has 4 aromatic carbocycles. The van der Waals surface area contributed by atoms with Gasteiger partial charge in [-0.15, -0.1) is 0 Å². The van der Waals surface area contributed by atoms with E-state index in [0.717, 1.165) is 24.0 Å². The van der Waals surface area contributed by atoms with Crippen molar-refractivity contribution in [3.63, 3.8) is 0 Å². The molecule has 5 heterocycles. The monoisotopic (exact) mass is 860 g/mol. The van der Waals surface area contributed by atoms with Crippen molar-refractivity contribution >= 4 is 70.2 Å². The molecule has 320 valence electrons. The first-order chi connectivity index (χ1) is 31.6. The molecule has 0 saturated heterocycles. The fraction of sp³-hybridized carbons (Fsp3) is 0.0769. The van der Waals surface area contributed by atoms with E-state index in [1.54, 1.807) is 72.8 Å². The van der Waals surface area contributed by atoms with Crippen LogP contribution in [0.2, 0.25) is 0 Å². The van der Waals surface area contributed by atoms with Crippen LogP contribution >= 0.6 is 0 Å². The van der Waals surface area contributed by atoms with E-state index in [2.05, 4.69) is 15.3 Å². The lowest BCUT2D eigenvalue weighted by atomic mass is 10.0. The fourth-order valence-electron chi connectivity index (χ4n) is 8.12. The molecule has 65 heavy (non-hydrogen) atoms. The van der Waals surface area contributed by atoms with Crippen LogP contribution in [0.4, 0.5) is 0 Å². The van der Waals surface area contributed by atoms with Crippen molar-refractivity contribution in [3.05, 3.63) is 166 Å². The highest BCUT2D eigenvalue weighted by atomic mass is 16.4. The molecular weight excluding hydrogens is 821 g/mol. The molecule has 0 aliphatic carbocycles. The van der Waals surface area contributed by atoms with Crippen LogP contribution in [0.3, 0.4) is 0 Å². The summed E-state index contributed by atoms with van der Waals surface area (Å²) in [5.74, 6) is -3.36. The van der Waals surface area contributed by atoms with Gasteiger partial charge in [-0.05, 0) is 139 Å². The van der Waals surface area contributed by atoms with Crippen LogP contribution in [0.1, 0.15) is 77.0 Å². The third kappa shape index (κ3) is 8.34. The van der Waals surface area contributed by atoms with E-state index in [1.165, 1.54) is 12.1 Å². The van der Waals surface area contributed by atoms with Crippen molar-refractivity contribution in [2.75, 3.05) is 13.1 Å². The van der Waals surface area contributed by atoms with Gasteiger partial charge >= 0.3 is 17.9 Å². The zero-order valence-electron chi connectivity index (χ0n) is 34.6. The smallest absolute Gasteiger partial charge is 0.335 e. The van der Waals surface area contributed by atoms with E-state index in [9.17, 15) is 34.5 Å². The molecule has 7 aromatic rings. The molecule has 8 N–H and O–H groups in total. The summed E-state index contributed by atoms with van der Waals surface area (Å²) in [6, 6.07) is 34.7. The Kier molecular flexibility index (Phi) is 11.3. The molecule has 0 saturated carbocycles. The number of hydrogen-bond donors (Lipinski definition) is 7. The minimum Gasteiger partial charge on any atom is -0.478 e. The summed E-state index contributed by atoms with van der Waals surface area (Å²) in [7, 11) is 0. The van der Waals surface area contributed by atoms with E-state index in [-0.39, 0.29) is 22.6 Å². The van der Waals surface area contributed by atoms with Crippen LogP contribution in [0.25, 0.3) is 90.9 Å². The number of aromatic nitrogens is 4. The molecule has 8 bridgehead atoms. The summed E-state index contributed by atoms with van der Waals surface area (Å²) < 4.78 is 0. The van der Waals surface area contributed by atoms with Crippen LogP contribution in [0.15, 0.2) is 121 Å². The van der Waals surface area contributed by atoms with Crippen LogP contribution in [0.5, 0.6) is 0 Å². The van der Waals surface area contributed by atoms with Gasteiger partial charge in [0, 0.05) is 56.4 Å². The van der Waals surface area contributed by atoms with Gasteiger partial charge in [0.1, 0.15) is 0 Å². The van der Waals surface area contributed by atoms with Crippen molar-refractivity contribution in [1.82, 2.24) is 25.3 Å². The maximum Gasteiger partial charge on any atom is 0.335 e. The molecule has 0 spiro atoms. The standard InChI is InChI=1S/C52H40N6O7/c53-27-1-2-28-54-49(59)33-11-3-29(4-12-33)45-37-19-21-39(55-37)46(30-5-13-34(14-6-30)50(60)61)41-23-25-43(57-41)48(32-9-17-36(18-10-32)52(64)65)44-26-24-42(58-44)47(40-22-20-38(45)56-40)31-7-15-35(16-8-31)51(62)63/h3-26,55,58H,1-2,27-28,53H2,(H,54,59)(H,60,61)(H,62,63)(H,64,65). The lowest BCUT2D eigenvalue weighted by Crippen LogP contribution is -2.24. The number of nitrogens with two attached hydrogens (primary N) is 1. The summed E-state index contributed by atoms with van der Waals surface area (Å²) in [6.07, 6.45) is 9.18. The maximum atomic E-state index is 13.1. The summed E-state index contributed by atoms with van der Waals surface area (Å²) in [5, 5.41) is 32.2. The van der Waals surface area contributed by atoms with Crippen LogP contribution in [0, 0.1) is 0 Å². The van der Waals surface area contributed by atoms with E-state index in [4.69, 9.17) is 15.7 Å². The Morgan fingerprint density at radius 3 is 1.00 bits per heavy atom. The first-order valence-electron chi connectivity index (χ1n) is 20.8. The molecule has 13 nitrogen and oxygen atoms in total. The van der Waals surface area contributed by atoms with Crippen LogP contribution in [-0.2, 0) is 0 Å². The van der Waals surface area contributed by atoms with Crippen molar-refractivity contribution in [2.45, 2.75) is 12.8 Å². The molecule has 3 aromatic heterocycles. The van der Waals surface area contributed by atoms with Gasteiger partial charge in [0.15, 0.2) is 0 Å². The molecular formula is C52H40N6O7. The molecule has 9 rings (SSSR count). The van der Waals surface area contributed by atoms with E-state index >= 15 is 0 Å². The minimum absolute atomic E-state index is 0.124. The Bertz CT molecular complexity index is 3220. The summed E-state index contributed by atoms with van der Waals surface area (Å²) >= 11 is 0. The average molecular weight is 861 g/mol. The first-order valence-corrected chi connectivity index (χ1v) is 20.8. The predicted molar refractivity (Wildman–Crippen MR) is 252 cm³/mol. The van der Waals surface area contributed by atoms with Crippen molar-refractivity contribution in [2.24, 2.45) is 5.73 Å². The third-order valence-corrected chi connectivity index (χ3v) is 11.4. The highest BCUT2D eigenvalue weighted by molar-refractivity contribution is 6.01. The number of nitrogens with one attached hydrogen (secondary N) is 3. The number of aromatic amines is 2. The zero-order valence-corrected chi connectivity index (χ0v) is 34.6. The molecule has 0 fully saturated rings. The van der Waals surface area contributed by atoms with Gasteiger partial charge in [-0.2, -0.15) is 0 Å². The second kappa shape index (κ2) is 17.6. The Hall–Kier alpha value is -8.68. The Labute approximate surface area is 371 Å². The van der Waals surface area contributed by atoms with Gasteiger partial charge in [0.2, 0.25) is 0 Å². The summed E-state index contributed by atoms with van der Waals surface area (Å²) in [5.41, 5.74) is 17.2. The van der Waals surface area contributed by atoms with Gasteiger partial charge in [0.25, 0.3) is 5.91 Å². The quantitative estimate of drug-likeness (QED) is 0.0576. The lowest BCUT2D eigenvalue weighted by molar-refractivity contribution is 0.0686. The number of rotatable bonds is 12. The summed E-state index contributed by atoms with van der Waals surface area (Å²) in [4.78, 5) is 66.5. The molecule has 0 radical (unpaired) electrons. The SMILES string of the molecule is NCCCCNC(=O)c1ccc(-c2c3nc(c(-c4ccc(C(=O)O)cc4)c4ccc([nH]4)c(-c4ccc(C(=O)O)cc4)c4nc(c(-c5ccc(C(=O)O)cc5)c5ccc2[nH]5)C=C4)C=C3)cc1. The topological polar surface area (TPSA) is 224 Å². The number of H-pyrrole nitrogens is 2. The van der Waals surface area contributed by atoms with Gasteiger partial charge < -0.3 is 36.3 Å². The van der Waals surface area contributed by atoms with E-state index < -0.39 is 17.9 Å². The molecule has 1 amide bonds. The van der Waals surface area contributed by atoms with Gasteiger partial charge in [-0.25, -0.2) is 24.4 Å². The van der Waals surface area contributed by atoms with E-state index in [0.29, 0.717) is 96.9 Å². The van der Waals surface area contributed by atoms with Crippen LogP contribution < -0.4 is 11.1 Å². The number of hydrogen-bond acceptors (Lipinski definition) is 7. The fourth-order valence-corrected chi connectivity index (χ4v) is 8.12. The van der Waals surface area contributed by atoms with E-state index in [1.807, 2.05) is 60.7 Å². The Balaban J connectivity index is 1.36. The van der Waals surface area contributed by atoms with Gasteiger partial charge in [-0.1, -0.05) is 48.5 Å². The minimum atomic E-state index is -1.06. The molecule has 0 atom stereocenters. The predicted octanol–water partition coefficient (Wildman–Crippen LogP) is 9.89. The number of benzene rings is 4. The molecule has 0 unspecified atom stereocenters. The molecule has 13 heteroatoms. The third-order valence-electron chi connectivity index (χ3n) is 11.4. The number of amides is 1.